The van der Waals surface area contributed by atoms with Crippen molar-refractivity contribution in [3.8, 4) is 0 Å². The van der Waals surface area contributed by atoms with Gasteiger partial charge in [-0.1, -0.05) is 37.6 Å². The van der Waals surface area contributed by atoms with E-state index in [0.29, 0.717) is 23.7 Å². The number of benzene rings is 2. The average molecular weight is 382 g/mol. The number of nitrogens with zero attached hydrogens (tertiary/aromatic N) is 1. The van der Waals surface area contributed by atoms with Crippen LogP contribution in [-0.2, 0) is 21.4 Å². The molecular formula is C18H20ClNO4S. The molecule has 0 atom stereocenters. The zero-order chi connectivity index (χ0) is 18.4. The second-order valence-electron chi connectivity index (χ2n) is 5.32. The van der Waals surface area contributed by atoms with Gasteiger partial charge in [0, 0.05) is 18.1 Å². The number of esters is 1. The Balaban J connectivity index is 2.06. The molecule has 0 spiro atoms. The molecule has 2 aromatic carbocycles. The predicted molar refractivity (Wildman–Crippen MR) is 97.1 cm³/mol. The Labute approximate surface area is 153 Å². The summed E-state index contributed by atoms with van der Waals surface area (Å²) in [6, 6.07) is 12.8. The lowest BCUT2D eigenvalue weighted by Crippen LogP contribution is -2.30. The molecule has 25 heavy (non-hydrogen) atoms. The number of hydrogen-bond donors (Lipinski definition) is 0. The maximum atomic E-state index is 12.4. The van der Waals surface area contributed by atoms with E-state index in [4.69, 9.17) is 16.3 Å². The molecule has 0 amide bonds. The number of sulfonamides is 1. The number of ether oxygens (including phenoxy) is 1. The number of carbonyl (C=O) groups is 1. The second-order valence-corrected chi connectivity index (χ2v) is 7.69. The molecule has 0 fully saturated rings. The molecule has 0 aromatic heterocycles. The van der Waals surface area contributed by atoms with Crippen molar-refractivity contribution in [1.29, 1.82) is 0 Å². The van der Waals surface area contributed by atoms with E-state index in [9.17, 15) is 13.2 Å². The summed E-state index contributed by atoms with van der Waals surface area (Å²) in [6.07, 6.45) is 0. The van der Waals surface area contributed by atoms with E-state index >= 15 is 0 Å². The third-order valence-electron chi connectivity index (χ3n) is 3.72. The Morgan fingerprint density at radius 2 is 1.56 bits per heavy atom. The van der Waals surface area contributed by atoms with Gasteiger partial charge in [-0.3, -0.25) is 0 Å². The quantitative estimate of drug-likeness (QED) is 0.685. The highest BCUT2D eigenvalue weighted by atomic mass is 35.5. The standard InChI is InChI=1S/C18H20ClNO4S/c1-3-20(4-2)25(22,23)17-11-7-15(8-12-17)18(21)24-13-14-5-9-16(19)10-6-14/h5-12H,3-4,13H2,1-2H3. The molecular weight excluding hydrogens is 362 g/mol. The van der Waals surface area contributed by atoms with Crippen molar-refractivity contribution in [1.82, 2.24) is 4.31 Å². The van der Waals surface area contributed by atoms with E-state index < -0.39 is 16.0 Å². The van der Waals surface area contributed by atoms with Crippen molar-refractivity contribution in [2.75, 3.05) is 13.1 Å². The van der Waals surface area contributed by atoms with E-state index in [1.807, 2.05) is 0 Å². The largest absolute Gasteiger partial charge is 0.457 e. The van der Waals surface area contributed by atoms with Gasteiger partial charge in [0.1, 0.15) is 6.61 Å². The Morgan fingerprint density at radius 1 is 1.00 bits per heavy atom. The van der Waals surface area contributed by atoms with Crippen molar-refractivity contribution >= 4 is 27.6 Å². The summed E-state index contributed by atoms with van der Waals surface area (Å²) in [4.78, 5) is 12.2. The van der Waals surface area contributed by atoms with Gasteiger partial charge in [-0.15, -0.1) is 0 Å². The van der Waals surface area contributed by atoms with Gasteiger partial charge in [-0.25, -0.2) is 13.2 Å². The molecule has 5 nitrogen and oxygen atoms in total. The van der Waals surface area contributed by atoms with E-state index in [2.05, 4.69) is 0 Å². The van der Waals surface area contributed by atoms with Gasteiger partial charge in [0.05, 0.1) is 10.5 Å². The number of rotatable bonds is 7. The van der Waals surface area contributed by atoms with Crippen LogP contribution in [0.2, 0.25) is 5.02 Å². The summed E-state index contributed by atoms with van der Waals surface area (Å²) in [5.41, 5.74) is 1.12. The van der Waals surface area contributed by atoms with Gasteiger partial charge < -0.3 is 4.74 Å². The molecule has 0 heterocycles. The first kappa shape index (κ1) is 19.4. The summed E-state index contributed by atoms with van der Waals surface area (Å²) in [5.74, 6) is -0.512. The normalized spacial score (nSPS) is 11.5. The molecule has 0 aliphatic rings. The van der Waals surface area contributed by atoms with Crippen LogP contribution in [0.3, 0.4) is 0 Å². The third kappa shape index (κ3) is 4.81. The van der Waals surface area contributed by atoms with E-state index in [1.165, 1.54) is 28.6 Å². The average Bonchev–Trinajstić information content (AvgIpc) is 2.62. The van der Waals surface area contributed by atoms with Crippen LogP contribution in [0.15, 0.2) is 53.4 Å². The smallest absolute Gasteiger partial charge is 0.338 e. The number of carbonyl (C=O) groups excluding carboxylic acids is 1. The molecule has 0 aliphatic carbocycles. The summed E-state index contributed by atoms with van der Waals surface area (Å²) < 4.78 is 31.4. The van der Waals surface area contributed by atoms with Crippen molar-refractivity contribution in [2.45, 2.75) is 25.3 Å². The van der Waals surface area contributed by atoms with Crippen molar-refractivity contribution < 1.29 is 17.9 Å². The molecule has 7 heteroatoms. The van der Waals surface area contributed by atoms with Gasteiger partial charge in [-0.05, 0) is 42.0 Å². The minimum Gasteiger partial charge on any atom is -0.457 e. The summed E-state index contributed by atoms with van der Waals surface area (Å²) >= 11 is 5.80. The van der Waals surface area contributed by atoms with Gasteiger partial charge in [0.15, 0.2) is 0 Å². The van der Waals surface area contributed by atoms with Crippen molar-refractivity contribution in [2.24, 2.45) is 0 Å². The van der Waals surface area contributed by atoms with Crippen LogP contribution in [0.5, 0.6) is 0 Å². The molecule has 0 N–H and O–H groups in total. The Bertz CT molecular complexity index is 813. The second kappa shape index (κ2) is 8.47. The van der Waals surface area contributed by atoms with Gasteiger partial charge >= 0.3 is 5.97 Å². The molecule has 0 aliphatic heterocycles. The topological polar surface area (TPSA) is 63.7 Å². The molecule has 134 valence electrons. The number of halogens is 1. The lowest BCUT2D eigenvalue weighted by Gasteiger charge is -2.18. The Morgan fingerprint density at radius 3 is 2.08 bits per heavy atom. The van der Waals surface area contributed by atoms with Crippen LogP contribution < -0.4 is 0 Å². The van der Waals surface area contributed by atoms with E-state index in [0.717, 1.165) is 5.56 Å². The first-order valence-corrected chi connectivity index (χ1v) is 9.72. The Hall–Kier alpha value is -1.89. The molecule has 0 radical (unpaired) electrons. The fourth-order valence-electron chi connectivity index (χ4n) is 2.29. The third-order valence-corrected chi connectivity index (χ3v) is 6.03. The summed E-state index contributed by atoms with van der Waals surface area (Å²) in [5, 5.41) is 0.611. The molecule has 2 aromatic rings. The van der Waals surface area contributed by atoms with E-state index in [-0.39, 0.29) is 11.5 Å². The highest BCUT2D eigenvalue weighted by Gasteiger charge is 2.21. The maximum Gasteiger partial charge on any atom is 0.338 e. The highest BCUT2D eigenvalue weighted by Crippen LogP contribution is 2.17. The van der Waals surface area contributed by atoms with Crippen LogP contribution in [0.1, 0.15) is 29.8 Å². The van der Waals surface area contributed by atoms with Crippen molar-refractivity contribution in [3.05, 3.63) is 64.7 Å². The Kier molecular flexibility index (Phi) is 6.58. The zero-order valence-electron chi connectivity index (χ0n) is 14.1. The molecule has 0 unspecified atom stereocenters. The summed E-state index contributed by atoms with van der Waals surface area (Å²) in [7, 11) is -3.53. The molecule has 0 saturated heterocycles. The van der Waals surface area contributed by atoms with Crippen LogP contribution in [0.25, 0.3) is 0 Å². The maximum absolute atomic E-state index is 12.4. The van der Waals surface area contributed by atoms with Crippen LogP contribution in [-0.4, -0.2) is 31.8 Å². The monoisotopic (exact) mass is 381 g/mol. The minimum atomic E-state index is -3.53. The molecule has 2 rings (SSSR count). The molecule has 0 bridgehead atoms. The lowest BCUT2D eigenvalue weighted by molar-refractivity contribution is 0.0472. The van der Waals surface area contributed by atoms with Crippen molar-refractivity contribution in [3.63, 3.8) is 0 Å². The summed E-state index contributed by atoms with van der Waals surface area (Å²) in [6.45, 7) is 4.47. The highest BCUT2D eigenvalue weighted by molar-refractivity contribution is 7.89. The number of hydrogen-bond acceptors (Lipinski definition) is 4. The SMILES string of the molecule is CCN(CC)S(=O)(=O)c1ccc(C(=O)OCc2ccc(Cl)cc2)cc1. The van der Waals surface area contributed by atoms with Crippen LogP contribution in [0.4, 0.5) is 0 Å². The van der Waals surface area contributed by atoms with Crippen LogP contribution >= 0.6 is 11.6 Å². The zero-order valence-corrected chi connectivity index (χ0v) is 15.7. The van der Waals surface area contributed by atoms with Crippen LogP contribution in [0, 0.1) is 0 Å². The first-order chi connectivity index (χ1) is 11.9. The molecule has 0 saturated carbocycles. The minimum absolute atomic E-state index is 0.121. The lowest BCUT2D eigenvalue weighted by atomic mass is 10.2. The first-order valence-electron chi connectivity index (χ1n) is 7.90. The van der Waals surface area contributed by atoms with Gasteiger partial charge in [0.2, 0.25) is 10.0 Å². The fourth-order valence-corrected chi connectivity index (χ4v) is 3.87. The van der Waals surface area contributed by atoms with Gasteiger partial charge in [-0.2, -0.15) is 4.31 Å². The predicted octanol–water partition coefficient (Wildman–Crippen LogP) is 3.73. The fraction of sp³-hybridized carbons (Fsp3) is 0.278. The van der Waals surface area contributed by atoms with Gasteiger partial charge in [0.25, 0.3) is 0 Å². The van der Waals surface area contributed by atoms with E-state index in [1.54, 1.807) is 38.1 Å².